The second-order valence-corrected chi connectivity index (χ2v) is 6.94. The van der Waals surface area contributed by atoms with Crippen LogP contribution in [0.4, 0.5) is 5.95 Å². The molecule has 0 spiro atoms. The second-order valence-electron chi connectivity index (χ2n) is 6.94. The van der Waals surface area contributed by atoms with Crippen LogP contribution in [-0.4, -0.2) is 35.4 Å². The third-order valence-electron chi connectivity index (χ3n) is 5.06. The molecule has 150 valence electrons. The number of aryl methyl sites for hydroxylation is 1. The number of phenols is 2. The number of benzene rings is 1. The highest BCUT2D eigenvalue weighted by Gasteiger charge is 2.21. The Morgan fingerprint density at radius 1 is 1.14 bits per heavy atom. The van der Waals surface area contributed by atoms with Crippen LogP contribution in [0.5, 0.6) is 11.5 Å². The summed E-state index contributed by atoms with van der Waals surface area (Å²) in [7, 11) is 3.06. The highest BCUT2D eigenvalue weighted by atomic mass is 16.3. The summed E-state index contributed by atoms with van der Waals surface area (Å²) in [5, 5.41) is 22.3. The van der Waals surface area contributed by atoms with Gasteiger partial charge in [-0.25, -0.2) is 4.79 Å². The van der Waals surface area contributed by atoms with Gasteiger partial charge < -0.3 is 20.1 Å². The van der Waals surface area contributed by atoms with Crippen molar-refractivity contribution in [3.8, 4) is 11.5 Å². The molecule has 3 rings (SSSR count). The van der Waals surface area contributed by atoms with Crippen LogP contribution in [0.3, 0.4) is 0 Å². The number of anilines is 1. The normalized spacial score (nSPS) is 12.4. The quantitative estimate of drug-likeness (QED) is 0.552. The fourth-order valence-electron chi connectivity index (χ4n) is 3.19. The van der Waals surface area contributed by atoms with Crippen molar-refractivity contribution in [1.29, 1.82) is 0 Å². The van der Waals surface area contributed by atoms with E-state index >= 15 is 0 Å². The standard InChI is InChI=1S/C19H25N5O4/c1-5-11(2)24-15-16(22(3)19(28)23(4)17(15)27)21-18(24)20-9-8-12-6-7-13(25)14(26)10-12/h6-7,10-11,25-26H,5,8-9H2,1-4H3,(H,20,21). The van der Waals surface area contributed by atoms with Gasteiger partial charge in [0.1, 0.15) is 0 Å². The lowest BCUT2D eigenvalue weighted by Crippen LogP contribution is -2.37. The molecule has 9 heteroatoms. The first-order valence-electron chi connectivity index (χ1n) is 9.18. The molecule has 3 N–H and O–H groups in total. The number of phenolic OH excluding ortho intramolecular Hbond substituents is 2. The van der Waals surface area contributed by atoms with Crippen molar-refractivity contribution >= 4 is 17.1 Å². The van der Waals surface area contributed by atoms with Crippen molar-refractivity contribution < 1.29 is 10.2 Å². The van der Waals surface area contributed by atoms with Gasteiger partial charge in [0.2, 0.25) is 5.95 Å². The predicted molar refractivity (Wildman–Crippen MR) is 107 cm³/mol. The molecule has 0 bridgehead atoms. The number of nitrogens with zero attached hydrogens (tertiary/aromatic N) is 4. The largest absolute Gasteiger partial charge is 0.504 e. The fraction of sp³-hybridized carbons (Fsp3) is 0.421. The molecule has 2 aromatic heterocycles. The van der Waals surface area contributed by atoms with Gasteiger partial charge >= 0.3 is 5.69 Å². The first-order valence-corrected chi connectivity index (χ1v) is 9.18. The lowest BCUT2D eigenvalue weighted by atomic mass is 10.1. The van der Waals surface area contributed by atoms with Crippen molar-refractivity contribution in [1.82, 2.24) is 18.7 Å². The maximum atomic E-state index is 12.7. The van der Waals surface area contributed by atoms with E-state index in [1.165, 1.54) is 23.7 Å². The number of aromatic nitrogens is 4. The van der Waals surface area contributed by atoms with Crippen LogP contribution in [-0.2, 0) is 20.5 Å². The summed E-state index contributed by atoms with van der Waals surface area (Å²) in [6, 6.07) is 4.69. The molecule has 0 aliphatic rings. The van der Waals surface area contributed by atoms with Gasteiger partial charge in [0.05, 0.1) is 0 Å². The van der Waals surface area contributed by atoms with E-state index in [9.17, 15) is 19.8 Å². The molecule has 28 heavy (non-hydrogen) atoms. The van der Waals surface area contributed by atoms with Gasteiger partial charge in [0.25, 0.3) is 5.56 Å². The van der Waals surface area contributed by atoms with Gasteiger partial charge in [-0.15, -0.1) is 0 Å². The van der Waals surface area contributed by atoms with Crippen molar-refractivity contribution in [2.24, 2.45) is 14.1 Å². The van der Waals surface area contributed by atoms with Crippen LogP contribution in [0.25, 0.3) is 11.2 Å². The maximum Gasteiger partial charge on any atom is 0.332 e. The molecular weight excluding hydrogens is 362 g/mol. The number of nitrogens with one attached hydrogen (secondary N) is 1. The Balaban J connectivity index is 1.99. The molecule has 0 fully saturated rings. The Kier molecular flexibility index (Phi) is 5.17. The summed E-state index contributed by atoms with van der Waals surface area (Å²) in [5.74, 6) is 0.195. The zero-order valence-electron chi connectivity index (χ0n) is 16.4. The van der Waals surface area contributed by atoms with E-state index in [0.29, 0.717) is 30.1 Å². The van der Waals surface area contributed by atoms with Crippen LogP contribution < -0.4 is 16.6 Å². The highest BCUT2D eigenvalue weighted by molar-refractivity contribution is 5.74. The number of imidazole rings is 1. The van der Waals surface area contributed by atoms with Crippen LogP contribution in [0.2, 0.25) is 0 Å². The average molecular weight is 387 g/mol. The summed E-state index contributed by atoms with van der Waals surface area (Å²) in [6.07, 6.45) is 1.37. The molecule has 1 atom stereocenters. The van der Waals surface area contributed by atoms with Gasteiger partial charge in [-0.3, -0.25) is 13.9 Å². The molecule has 0 radical (unpaired) electrons. The molecule has 3 aromatic rings. The topological polar surface area (TPSA) is 114 Å². The first-order chi connectivity index (χ1) is 13.3. The average Bonchev–Trinajstić information content (AvgIpc) is 3.06. The molecule has 0 aliphatic carbocycles. The van der Waals surface area contributed by atoms with Crippen molar-refractivity contribution in [3.05, 3.63) is 44.6 Å². The zero-order chi connectivity index (χ0) is 20.6. The minimum Gasteiger partial charge on any atom is -0.504 e. The predicted octanol–water partition coefficient (Wildman–Crippen LogP) is 1.47. The van der Waals surface area contributed by atoms with Gasteiger partial charge in [-0.2, -0.15) is 4.98 Å². The summed E-state index contributed by atoms with van der Waals surface area (Å²) < 4.78 is 4.30. The number of rotatable bonds is 6. The van der Waals surface area contributed by atoms with E-state index < -0.39 is 5.69 Å². The summed E-state index contributed by atoms with van der Waals surface area (Å²) in [5.41, 5.74) is 0.791. The molecule has 1 unspecified atom stereocenters. The third kappa shape index (κ3) is 3.23. The molecule has 0 saturated carbocycles. The third-order valence-corrected chi connectivity index (χ3v) is 5.06. The lowest BCUT2D eigenvalue weighted by molar-refractivity contribution is 0.403. The Bertz CT molecular complexity index is 1140. The lowest BCUT2D eigenvalue weighted by Gasteiger charge is -2.16. The summed E-state index contributed by atoms with van der Waals surface area (Å²) in [6.45, 7) is 4.51. The molecule has 0 saturated heterocycles. The molecule has 1 aromatic carbocycles. The SMILES string of the molecule is CCC(C)n1c(NCCc2ccc(O)c(O)c2)nc2c1c(=O)n(C)c(=O)n2C. The van der Waals surface area contributed by atoms with E-state index in [-0.39, 0.29) is 23.1 Å². The Labute approximate surface area is 161 Å². The molecule has 0 aliphatic heterocycles. The van der Waals surface area contributed by atoms with Crippen molar-refractivity contribution in [3.63, 3.8) is 0 Å². The highest BCUT2D eigenvalue weighted by Crippen LogP contribution is 2.26. The number of fused-ring (bicyclic) bond motifs is 1. The van der Waals surface area contributed by atoms with Gasteiger partial charge in [0, 0.05) is 26.7 Å². The monoisotopic (exact) mass is 387 g/mol. The van der Waals surface area contributed by atoms with E-state index in [1.807, 2.05) is 18.4 Å². The summed E-state index contributed by atoms with van der Waals surface area (Å²) >= 11 is 0. The molecule has 2 heterocycles. The molecular formula is C19H25N5O4. The van der Waals surface area contributed by atoms with Crippen LogP contribution in [0, 0.1) is 0 Å². The second kappa shape index (κ2) is 7.41. The Morgan fingerprint density at radius 3 is 2.50 bits per heavy atom. The zero-order valence-corrected chi connectivity index (χ0v) is 16.4. The molecule has 9 nitrogen and oxygen atoms in total. The van der Waals surface area contributed by atoms with E-state index in [2.05, 4.69) is 10.3 Å². The number of hydrogen-bond acceptors (Lipinski definition) is 6. The van der Waals surface area contributed by atoms with Crippen LogP contribution in [0.15, 0.2) is 27.8 Å². The van der Waals surface area contributed by atoms with Gasteiger partial charge in [-0.05, 0) is 37.5 Å². The van der Waals surface area contributed by atoms with E-state index in [1.54, 1.807) is 13.1 Å². The van der Waals surface area contributed by atoms with E-state index in [4.69, 9.17) is 0 Å². The fourth-order valence-corrected chi connectivity index (χ4v) is 3.19. The van der Waals surface area contributed by atoms with E-state index in [0.717, 1.165) is 16.6 Å². The minimum atomic E-state index is -0.419. The van der Waals surface area contributed by atoms with Crippen LogP contribution >= 0.6 is 0 Å². The van der Waals surface area contributed by atoms with Gasteiger partial charge in [0.15, 0.2) is 22.7 Å². The Morgan fingerprint density at radius 2 is 1.86 bits per heavy atom. The minimum absolute atomic E-state index is 0.00965. The maximum absolute atomic E-state index is 12.7. The van der Waals surface area contributed by atoms with Crippen molar-refractivity contribution in [2.75, 3.05) is 11.9 Å². The Hall–Kier alpha value is -3.23. The number of hydrogen-bond donors (Lipinski definition) is 3. The van der Waals surface area contributed by atoms with Crippen molar-refractivity contribution in [2.45, 2.75) is 32.7 Å². The number of aromatic hydroxyl groups is 2. The first kappa shape index (κ1) is 19.5. The molecule has 0 amide bonds. The smallest absolute Gasteiger partial charge is 0.332 e. The van der Waals surface area contributed by atoms with Crippen LogP contribution in [0.1, 0.15) is 31.9 Å². The summed E-state index contributed by atoms with van der Waals surface area (Å²) in [4.78, 5) is 29.5. The van der Waals surface area contributed by atoms with Gasteiger partial charge in [-0.1, -0.05) is 13.0 Å².